The van der Waals surface area contributed by atoms with Crippen molar-refractivity contribution in [1.82, 2.24) is 0 Å². The summed E-state index contributed by atoms with van der Waals surface area (Å²) in [6, 6.07) is 5.90. The van der Waals surface area contributed by atoms with Crippen LogP contribution < -0.4 is 4.65 Å². The van der Waals surface area contributed by atoms with E-state index in [1.807, 2.05) is 65.8 Å². The summed E-state index contributed by atoms with van der Waals surface area (Å²) in [5.41, 5.74) is 2.14. The number of benzene rings is 1. The van der Waals surface area contributed by atoms with Crippen LogP contribution >= 0.6 is 0 Å². The second-order valence-corrected chi connectivity index (χ2v) is 3.36. The first-order chi connectivity index (χ1) is 9.26. The molecule has 0 radical (unpaired) electrons. The van der Waals surface area contributed by atoms with E-state index in [-0.39, 0.29) is 0 Å². The van der Waals surface area contributed by atoms with Gasteiger partial charge in [0.15, 0.2) is 0 Å². The Morgan fingerprint density at radius 1 is 1.11 bits per heavy atom. The van der Waals surface area contributed by atoms with E-state index < -0.39 is 7.32 Å². The summed E-state index contributed by atoms with van der Waals surface area (Å²) >= 11 is 0. The second kappa shape index (κ2) is 9.51. The van der Waals surface area contributed by atoms with Gasteiger partial charge in [0.2, 0.25) is 0 Å². The molecule has 1 aliphatic heterocycles. The largest absolute Gasteiger partial charge is 0.787 e. The molecule has 0 N–H and O–H groups in total. The Hall–Kier alpha value is -1.42. The Labute approximate surface area is 117 Å². The van der Waals surface area contributed by atoms with Gasteiger partial charge in [-0.15, -0.1) is 0 Å². The van der Waals surface area contributed by atoms with Crippen LogP contribution in [-0.2, 0) is 9.31 Å². The van der Waals surface area contributed by atoms with Crippen molar-refractivity contribution >= 4 is 13.1 Å². The van der Waals surface area contributed by atoms with Crippen molar-refractivity contribution in [1.29, 1.82) is 0 Å². The fraction of sp³-hybridized carbons (Fsp3) is 0.467. The molecule has 19 heavy (non-hydrogen) atoms. The Kier molecular flexibility index (Phi) is 8.80. The first kappa shape index (κ1) is 17.6. The Bertz CT molecular complexity index is 402. The highest BCUT2D eigenvalue weighted by Gasteiger charge is 2.33. The number of allylic oxidation sites excluding steroid dienone is 1. The van der Waals surface area contributed by atoms with Crippen LogP contribution in [0.25, 0.3) is 5.76 Å². The van der Waals surface area contributed by atoms with E-state index in [0.717, 1.165) is 22.6 Å². The zero-order valence-electron chi connectivity index (χ0n) is 13.1. The summed E-state index contributed by atoms with van der Waals surface area (Å²) in [5.74, 6) is 1.61. The van der Waals surface area contributed by atoms with Crippen molar-refractivity contribution in [3.63, 3.8) is 0 Å². The minimum atomic E-state index is -0.648. The molecule has 0 saturated heterocycles. The molecule has 0 aromatic heterocycles. The Morgan fingerprint density at radius 3 is 2.26 bits per heavy atom. The highest BCUT2D eigenvalue weighted by atomic mass is 16.7. The molecule has 2 rings (SSSR count). The fourth-order valence-corrected chi connectivity index (χ4v) is 1.65. The summed E-state index contributed by atoms with van der Waals surface area (Å²) in [6.07, 6.45) is 1.92. The average molecular weight is 264 g/mol. The number of aryl methyl sites for hydroxylation is 1. The molecule has 0 atom stereocenters. The van der Waals surface area contributed by atoms with Crippen molar-refractivity contribution in [3.8, 4) is 5.75 Å². The van der Waals surface area contributed by atoms with E-state index >= 15 is 0 Å². The quantitative estimate of drug-likeness (QED) is 0.701. The predicted molar refractivity (Wildman–Crippen MR) is 82.0 cm³/mol. The molecule has 0 spiro atoms. The minimum Gasteiger partial charge on any atom is -0.500 e. The lowest BCUT2D eigenvalue weighted by atomic mass is 10.0. The first-order valence-electron chi connectivity index (χ1n) is 6.88. The maximum Gasteiger partial charge on any atom is 0.787 e. The van der Waals surface area contributed by atoms with Crippen LogP contribution in [0.2, 0.25) is 0 Å². The maximum atomic E-state index is 5.51. The molecule has 0 fully saturated rings. The lowest BCUT2D eigenvalue weighted by Crippen LogP contribution is -2.32. The van der Waals surface area contributed by atoms with E-state index in [0.29, 0.717) is 0 Å². The lowest BCUT2D eigenvalue weighted by Gasteiger charge is -2.25. The van der Waals surface area contributed by atoms with Gasteiger partial charge < -0.3 is 14.0 Å². The van der Waals surface area contributed by atoms with Crippen LogP contribution in [0.3, 0.4) is 0 Å². The molecule has 0 aliphatic carbocycles. The molecular formula is C15H25BO3. The molecule has 106 valence electrons. The van der Waals surface area contributed by atoms with Crippen molar-refractivity contribution in [2.75, 3.05) is 7.11 Å². The number of hydrogen-bond donors (Lipinski definition) is 0. The van der Waals surface area contributed by atoms with Gasteiger partial charge in [-0.05, 0) is 31.6 Å². The summed E-state index contributed by atoms with van der Waals surface area (Å²) in [5, 5.41) is 0. The molecule has 0 bridgehead atoms. The molecular weight excluding hydrogens is 239 g/mol. The van der Waals surface area contributed by atoms with Crippen molar-refractivity contribution in [2.24, 2.45) is 0 Å². The third-order valence-electron chi connectivity index (χ3n) is 2.38. The molecule has 1 aromatic rings. The van der Waals surface area contributed by atoms with Crippen molar-refractivity contribution < 1.29 is 14.0 Å². The smallest absolute Gasteiger partial charge is 0.500 e. The molecule has 0 amide bonds. The number of rotatable bonds is 1. The molecule has 0 saturated carbocycles. The highest BCUT2D eigenvalue weighted by Crippen LogP contribution is 2.34. The molecule has 1 heterocycles. The zero-order chi connectivity index (χ0) is 14.8. The van der Waals surface area contributed by atoms with Crippen LogP contribution in [0.15, 0.2) is 24.3 Å². The van der Waals surface area contributed by atoms with Gasteiger partial charge in [0.25, 0.3) is 0 Å². The lowest BCUT2D eigenvalue weighted by molar-refractivity contribution is 0.222. The summed E-state index contributed by atoms with van der Waals surface area (Å²) in [4.78, 5) is 0. The van der Waals surface area contributed by atoms with Crippen LogP contribution in [0.4, 0.5) is 0 Å². The average Bonchev–Trinajstić information content (AvgIpc) is 2.50. The van der Waals surface area contributed by atoms with Gasteiger partial charge in [-0.3, -0.25) is 0 Å². The second-order valence-electron chi connectivity index (χ2n) is 3.36. The standard InChI is InChI=1S/C11H13BO3.2C2H6/c1-4-9-11-8(2)6-5-7-10(11)15-12(13-3)14-9;2*1-2/h4-7H,1-3H3;2*1-2H3/b9-4+;;. The van der Waals surface area contributed by atoms with Gasteiger partial charge in [-0.25, -0.2) is 0 Å². The number of fused-ring (bicyclic) bond motifs is 1. The maximum absolute atomic E-state index is 5.51. The Balaban J connectivity index is 0.000000741. The van der Waals surface area contributed by atoms with Crippen molar-refractivity contribution in [2.45, 2.75) is 41.5 Å². The van der Waals surface area contributed by atoms with Gasteiger partial charge in [-0.1, -0.05) is 39.8 Å². The van der Waals surface area contributed by atoms with Gasteiger partial charge >= 0.3 is 7.32 Å². The minimum absolute atomic E-state index is 0.648. The van der Waals surface area contributed by atoms with Gasteiger partial charge in [0.05, 0.1) is 5.56 Å². The summed E-state index contributed by atoms with van der Waals surface area (Å²) in [7, 11) is 0.907. The molecule has 0 unspecified atom stereocenters. The van der Waals surface area contributed by atoms with E-state index in [9.17, 15) is 0 Å². The Morgan fingerprint density at radius 2 is 1.74 bits per heavy atom. The molecule has 3 nitrogen and oxygen atoms in total. The highest BCUT2D eigenvalue weighted by molar-refractivity contribution is 6.39. The SMILES string of the molecule is C/C=C1/OB(OC)Oc2cccc(C)c21.CC.CC. The molecule has 1 aromatic carbocycles. The van der Waals surface area contributed by atoms with E-state index in [1.54, 1.807) is 7.11 Å². The fourth-order valence-electron chi connectivity index (χ4n) is 1.65. The summed E-state index contributed by atoms with van der Waals surface area (Å²) in [6.45, 7) is 12.0. The number of hydrogen-bond acceptors (Lipinski definition) is 3. The van der Waals surface area contributed by atoms with Crippen LogP contribution in [0.5, 0.6) is 5.75 Å². The van der Waals surface area contributed by atoms with Gasteiger partial charge in [0, 0.05) is 7.11 Å². The molecule has 4 heteroatoms. The van der Waals surface area contributed by atoms with Crippen LogP contribution in [-0.4, -0.2) is 14.4 Å². The van der Waals surface area contributed by atoms with Crippen molar-refractivity contribution in [3.05, 3.63) is 35.4 Å². The van der Waals surface area contributed by atoms with Crippen LogP contribution in [0.1, 0.15) is 45.7 Å². The first-order valence-corrected chi connectivity index (χ1v) is 6.88. The summed E-state index contributed by atoms with van der Waals surface area (Å²) < 4.78 is 16.1. The topological polar surface area (TPSA) is 27.7 Å². The van der Waals surface area contributed by atoms with E-state index in [4.69, 9.17) is 14.0 Å². The van der Waals surface area contributed by atoms with Gasteiger partial charge in [-0.2, -0.15) is 0 Å². The van der Waals surface area contributed by atoms with E-state index in [1.165, 1.54) is 0 Å². The zero-order valence-corrected chi connectivity index (χ0v) is 13.1. The molecule has 1 aliphatic rings. The van der Waals surface area contributed by atoms with Gasteiger partial charge in [0.1, 0.15) is 11.5 Å². The van der Waals surface area contributed by atoms with E-state index in [2.05, 4.69) is 0 Å². The van der Waals surface area contributed by atoms with Crippen LogP contribution in [0, 0.1) is 6.92 Å². The normalized spacial score (nSPS) is 14.1. The monoisotopic (exact) mass is 264 g/mol. The third kappa shape index (κ3) is 4.32. The predicted octanol–water partition coefficient (Wildman–Crippen LogP) is 4.45. The third-order valence-corrected chi connectivity index (χ3v) is 2.38.